The molecule has 3 heterocycles. The molecule has 0 fully saturated rings. The summed E-state index contributed by atoms with van der Waals surface area (Å²) < 4.78 is 17.3. The molecular formula is C117H147N9O12. The van der Waals surface area contributed by atoms with Crippen LogP contribution in [0.25, 0.3) is 102 Å². The van der Waals surface area contributed by atoms with Crippen molar-refractivity contribution in [2.45, 2.75) is 180 Å². The molecule has 3 aromatic heterocycles. The van der Waals surface area contributed by atoms with Gasteiger partial charge in [-0.1, -0.05) is 267 Å². The lowest BCUT2D eigenvalue weighted by Gasteiger charge is -2.31. The minimum absolute atomic E-state index is 0. The minimum Gasteiger partial charge on any atom is -0.507 e. The van der Waals surface area contributed by atoms with Crippen LogP contribution < -0.4 is 0 Å². The van der Waals surface area contributed by atoms with Gasteiger partial charge in [-0.15, -0.1) is 0 Å². The van der Waals surface area contributed by atoms with E-state index in [1.165, 1.54) is 57.1 Å². The first-order chi connectivity index (χ1) is 66.3. The zero-order chi connectivity index (χ0) is 99.1. The molecule has 138 heavy (non-hydrogen) atoms. The number of hydrogen-bond donors (Lipinski definition) is 6. The van der Waals surface area contributed by atoms with Crippen molar-refractivity contribution in [2.24, 2.45) is 52.3 Å². The molecule has 12 rings (SSSR count). The van der Waals surface area contributed by atoms with Crippen LogP contribution in [0.2, 0.25) is 0 Å². The van der Waals surface area contributed by atoms with Gasteiger partial charge in [0.2, 0.25) is 0 Å². The Morgan fingerprint density at radius 1 is 0.319 bits per heavy atom. The lowest BCUT2D eigenvalue weighted by molar-refractivity contribution is 0.0354. The molecule has 0 amide bonds. The largest absolute Gasteiger partial charge is 0.507 e. The standard InChI is InChI=1S/C40H51N3O4.C39H49N3O4.C38H23N3O4.12H2/c1-26(23-39(3,4)5)17-18-30(27(2)24-40(6,7)8)25-47-38(46)29-21-19-28(20-22-29)35-41-36(31-13-9-11-15-33(31)44)43-37(42-35)32-14-10-12-16-34(32)45;1-5-28(4)15-13-17-29(16-8-6-7-14-27(2)3)26-46-39(45)31-24-22-30(23-25-31)36-40-37(32-18-9-11-20-34(32)43)42-38(41-36)33-19-10-12-21-35(33)44;1-3-5-7-8-9-10-12-18-28(17-11-6-4-2)27-45-38(44)30-25-23-29(24-26-30)35-39-36(31-19-13-15-21-33(31)42)41-37(40-35)32-20-14-16-22-34(32)43;;;;;;;;;;;;/h9-16,19-22,26-27,30,44-45H,17-18,23-25H2,1-8H3;9-12,18-25,27-29,43-44H,5-8,13-17,26H2,1-4H3;13-16,19-26,28,42-43H,27H2,1-2H3;12*1H. The molecule has 9 aromatic carbocycles. The van der Waals surface area contributed by atoms with Crippen molar-refractivity contribution < 1.29 is 76.4 Å². The molecule has 0 saturated heterocycles. The fourth-order valence-corrected chi connectivity index (χ4v) is 15.6. The van der Waals surface area contributed by atoms with Crippen molar-refractivity contribution in [3.05, 3.63) is 235 Å². The maximum atomic E-state index is 13.3. The molecule has 12 aromatic rings. The molecule has 6 unspecified atom stereocenters. The van der Waals surface area contributed by atoms with Crippen LogP contribution in [-0.2, 0) is 14.2 Å². The molecule has 6 N–H and O–H groups in total. The van der Waals surface area contributed by atoms with Crippen molar-refractivity contribution in [1.82, 2.24) is 44.9 Å². The average Bonchev–Trinajstić information content (AvgIpc) is 0.797. The number of hydrogen-bond acceptors (Lipinski definition) is 21. The molecule has 732 valence electrons. The van der Waals surface area contributed by atoms with E-state index in [0.717, 1.165) is 50.4 Å². The van der Waals surface area contributed by atoms with Gasteiger partial charge in [-0.05, 0) is 249 Å². The molecule has 0 aliphatic rings. The van der Waals surface area contributed by atoms with Crippen LogP contribution in [0, 0.1) is 123 Å². The van der Waals surface area contributed by atoms with Crippen molar-refractivity contribution in [1.29, 1.82) is 0 Å². The predicted octanol–water partition coefficient (Wildman–Crippen LogP) is 27.9. The Labute approximate surface area is 830 Å². The van der Waals surface area contributed by atoms with E-state index in [1.807, 2.05) is 0 Å². The number of benzene rings is 9. The molecule has 6 atom stereocenters. The van der Waals surface area contributed by atoms with Crippen LogP contribution in [0.4, 0.5) is 0 Å². The third-order valence-electron chi connectivity index (χ3n) is 22.9. The van der Waals surface area contributed by atoms with Gasteiger partial charge in [0.05, 0.1) is 63.3 Å². The Bertz CT molecular complexity index is 6400. The number of ether oxygens (including phenoxy) is 3. The van der Waals surface area contributed by atoms with Crippen LogP contribution in [0.3, 0.4) is 0 Å². The number of aromatic hydroxyl groups is 6. The fraction of sp³-hybridized carbons (Fsp3) is 0.333. The zero-order valence-electron chi connectivity index (χ0n) is 81.3. The number of unbranched alkanes of at least 4 members (excludes halogenated alkanes) is 2. The second-order valence-corrected chi connectivity index (χ2v) is 37.2. The molecule has 21 nitrogen and oxygen atoms in total. The topological polar surface area (TPSA) is 316 Å². The number of carbonyl (C=O) groups excluding carboxylic acids is 3. The Kier molecular flexibility index (Phi) is 39.8. The monoisotopic (exact) mass is 1870 g/mol. The first-order valence-corrected chi connectivity index (χ1v) is 47.0. The Morgan fingerprint density at radius 2 is 0.616 bits per heavy atom. The quantitative estimate of drug-likeness (QED) is 0.00930. The van der Waals surface area contributed by atoms with Gasteiger partial charge in [0.15, 0.2) is 52.4 Å². The number of phenols is 6. The molecule has 0 bridgehead atoms. The molecule has 0 aliphatic heterocycles. The smallest absolute Gasteiger partial charge is 0.338 e. The van der Waals surface area contributed by atoms with Crippen LogP contribution in [0.15, 0.2) is 218 Å². The number of rotatable bonds is 35. The van der Waals surface area contributed by atoms with Crippen LogP contribution in [0.5, 0.6) is 34.5 Å². The normalized spacial score (nSPS) is 12.1. The van der Waals surface area contributed by atoms with E-state index in [1.54, 1.807) is 220 Å². The van der Waals surface area contributed by atoms with E-state index in [-0.39, 0.29) is 128 Å². The average molecular weight is 1870 g/mol. The SMILES string of the molecule is CC#CC#CC#CC#CC(C#CC#CC)COC(=O)c1ccc(-c2nc(-c3ccccc3O)nc(-c3ccccc3O)n2)cc1.CC(CCC(COC(=O)c1ccc(-c2nc(-c3ccccc3O)nc(-c3ccccc3O)n2)cc1)C(C)CC(C)(C)C)CC(C)(C)C.CCC(C)CCCC(CCCCCC(C)C)COC(=O)c1ccc(-c2nc(-c3ccccc3O)nc(-c3ccccc3O)n2)cc1.[HH].[HH].[HH].[HH].[HH].[HH].[HH].[HH].[HH].[HH].[HH].[HH]. The van der Waals surface area contributed by atoms with Gasteiger partial charge in [0, 0.05) is 33.8 Å². The van der Waals surface area contributed by atoms with E-state index in [9.17, 15) is 45.0 Å². The summed E-state index contributed by atoms with van der Waals surface area (Å²) in [7, 11) is 0. The minimum atomic E-state index is -0.613. The summed E-state index contributed by atoms with van der Waals surface area (Å²) in [4.78, 5) is 80.6. The number of carbonyl (C=O) groups is 3. The molecule has 0 aliphatic carbocycles. The first-order valence-electron chi connectivity index (χ1n) is 47.0. The van der Waals surface area contributed by atoms with Gasteiger partial charge in [-0.25, -0.2) is 59.2 Å². The second-order valence-electron chi connectivity index (χ2n) is 37.2. The van der Waals surface area contributed by atoms with Gasteiger partial charge in [-0.2, -0.15) is 0 Å². The number of phenolic OH excluding ortho intramolecular Hbond substituents is 6. The van der Waals surface area contributed by atoms with Crippen molar-refractivity contribution in [2.75, 3.05) is 19.8 Å². The highest BCUT2D eigenvalue weighted by molar-refractivity contribution is 5.92. The summed E-state index contributed by atoms with van der Waals surface area (Å²) in [6.45, 7) is 31.4. The highest BCUT2D eigenvalue weighted by Gasteiger charge is 2.29. The van der Waals surface area contributed by atoms with E-state index in [4.69, 9.17) is 14.2 Å². The van der Waals surface area contributed by atoms with Crippen LogP contribution in [-0.4, -0.2) is 113 Å². The third kappa shape index (κ3) is 33.0. The summed E-state index contributed by atoms with van der Waals surface area (Å²) in [6.07, 6.45) is 15.0. The fourth-order valence-electron chi connectivity index (χ4n) is 15.6. The van der Waals surface area contributed by atoms with Gasteiger partial charge in [0.1, 0.15) is 47.0 Å². The summed E-state index contributed by atoms with van der Waals surface area (Å²) in [5.41, 5.74) is 6.15. The maximum absolute atomic E-state index is 13.3. The molecule has 0 spiro atoms. The summed E-state index contributed by atoms with van der Waals surface area (Å²) >= 11 is 0. The van der Waals surface area contributed by atoms with Crippen molar-refractivity contribution in [3.8, 4) is 208 Å². The van der Waals surface area contributed by atoms with E-state index in [0.29, 0.717) is 109 Å². The van der Waals surface area contributed by atoms with Crippen molar-refractivity contribution >= 4 is 17.9 Å². The maximum Gasteiger partial charge on any atom is 0.338 e. The summed E-state index contributed by atoms with van der Waals surface area (Å²) in [5.74, 6) is 35.8. The Hall–Kier alpha value is -15.4. The zero-order valence-corrected chi connectivity index (χ0v) is 81.3. The Balaban J connectivity index is -0.00000208. The van der Waals surface area contributed by atoms with Crippen LogP contribution in [0.1, 0.15) is 229 Å². The van der Waals surface area contributed by atoms with Gasteiger partial charge in [0.25, 0.3) is 0 Å². The first kappa shape index (κ1) is 105. The number of esters is 3. The number of aromatic nitrogens is 9. The molecular weight excluding hydrogens is 1720 g/mol. The Morgan fingerprint density at radius 3 is 0.949 bits per heavy atom. The highest BCUT2D eigenvalue weighted by atomic mass is 16.5. The lowest BCUT2D eigenvalue weighted by atomic mass is 9.76. The van der Waals surface area contributed by atoms with Gasteiger partial charge in [-0.3, -0.25) is 0 Å². The van der Waals surface area contributed by atoms with E-state index < -0.39 is 11.9 Å². The molecule has 21 heteroatoms. The number of para-hydroxylation sites is 6. The van der Waals surface area contributed by atoms with E-state index >= 15 is 0 Å². The predicted molar refractivity (Wildman–Crippen MR) is 570 cm³/mol. The summed E-state index contributed by atoms with van der Waals surface area (Å²) in [6, 6.07) is 61.1. The summed E-state index contributed by atoms with van der Waals surface area (Å²) in [5, 5.41) is 62.9. The van der Waals surface area contributed by atoms with Gasteiger partial charge < -0.3 is 44.8 Å². The third-order valence-corrected chi connectivity index (χ3v) is 22.9. The molecule has 0 saturated carbocycles. The van der Waals surface area contributed by atoms with Crippen molar-refractivity contribution in [3.63, 3.8) is 0 Å². The number of nitrogens with zero attached hydrogens (tertiary/aromatic N) is 9. The lowest BCUT2D eigenvalue weighted by Crippen LogP contribution is -2.25. The van der Waals surface area contributed by atoms with Crippen LogP contribution >= 0.6 is 0 Å². The van der Waals surface area contributed by atoms with Gasteiger partial charge >= 0.3 is 17.9 Å². The van der Waals surface area contributed by atoms with E-state index in [2.05, 4.69) is 199 Å². The second kappa shape index (κ2) is 52.5. The molecule has 0 radical (unpaired) electrons. The highest BCUT2D eigenvalue weighted by Crippen LogP contribution is 2.40.